The number of carbonyl (C=O) groups is 2. The summed E-state index contributed by atoms with van der Waals surface area (Å²) in [5, 5.41) is 0.678. The predicted molar refractivity (Wildman–Crippen MR) is 128 cm³/mol. The Labute approximate surface area is 197 Å². The zero-order valence-electron chi connectivity index (χ0n) is 19.1. The molecule has 176 valence electrons. The number of rotatable bonds is 5. The van der Waals surface area contributed by atoms with E-state index in [2.05, 4.69) is 9.80 Å². The van der Waals surface area contributed by atoms with Crippen LogP contribution in [0.2, 0.25) is 5.02 Å². The molecule has 0 aromatic heterocycles. The maximum absolute atomic E-state index is 13.6. The number of piperidine rings is 1. The fraction of sp³-hybridized carbons (Fsp3) is 0.680. The van der Waals surface area contributed by atoms with Crippen LogP contribution in [0.5, 0.6) is 0 Å². The average molecular weight is 461 g/mol. The molecule has 1 aliphatic carbocycles. The van der Waals surface area contributed by atoms with E-state index < -0.39 is 6.04 Å². The van der Waals surface area contributed by atoms with Gasteiger partial charge >= 0.3 is 6.03 Å². The Bertz CT molecular complexity index is 775. The second-order valence-electron chi connectivity index (χ2n) is 9.69. The topological polar surface area (TPSA) is 69.9 Å². The van der Waals surface area contributed by atoms with Crippen LogP contribution in [0.4, 0.5) is 4.79 Å². The Balaban J connectivity index is 1.41. The Morgan fingerprint density at radius 1 is 0.906 bits per heavy atom. The molecule has 2 heterocycles. The summed E-state index contributed by atoms with van der Waals surface area (Å²) in [6, 6.07) is 7.52. The van der Waals surface area contributed by atoms with Crippen molar-refractivity contribution in [3.05, 3.63) is 34.9 Å². The molecule has 0 radical (unpaired) electrons. The number of amides is 3. The molecule has 2 N–H and O–H groups in total. The summed E-state index contributed by atoms with van der Waals surface area (Å²) in [6.07, 6.45) is 10.6. The number of halogens is 1. The Hall–Kier alpha value is -1.79. The van der Waals surface area contributed by atoms with Crippen LogP contribution in [-0.2, 0) is 11.2 Å². The Morgan fingerprint density at radius 2 is 1.56 bits per heavy atom. The molecule has 6 nitrogen and oxygen atoms in total. The number of urea groups is 1. The minimum atomic E-state index is -0.573. The molecule has 1 saturated carbocycles. The first-order valence-corrected chi connectivity index (χ1v) is 12.8. The van der Waals surface area contributed by atoms with Gasteiger partial charge in [0.2, 0.25) is 5.91 Å². The highest BCUT2D eigenvalue weighted by molar-refractivity contribution is 6.30. The van der Waals surface area contributed by atoms with E-state index in [-0.39, 0.29) is 18.0 Å². The van der Waals surface area contributed by atoms with Gasteiger partial charge in [-0.1, -0.05) is 43.0 Å². The average Bonchev–Trinajstić information content (AvgIpc) is 3.31. The number of nitrogens with two attached hydrogens (primary N) is 1. The van der Waals surface area contributed by atoms with Gasteiger partial charge < -0.3 is 20.4 Å². The Kier molecular flexibility index (Phi) is 7.95. The quantitative estimate of drug-likeness (QED) is 0.720. The van der Waals surface area contributed by atoms with Gasteiger partial charge in [0, 0.05) is 37.2 Å². The van der Waals surface area contributed by atoms with Crippen molar-refractivity contribution >= 4 is 23.5 Å². The highest BCUT2D eigenvalue weighted by Crippen LogP contribution is 2.29. The zero-order valence-corrected chi connectivity index (χ0v) is 19.8. The van der Waals surface area contributed by atoms with Crippen LogP contribution in [0.15, 0.2) is 24.3 Å². The molecule has 32 heavy (non-hydrogen) atoms. The fourth-order valence-electron chi connectivity index (χ4n) is 5.58. The SMILES string of the molecule is NC(Cc1ccc(Cl)cc1)C(=O)N1CCC(N(C(=O)N2CCCCC2)C2CCCCC2)C1. The van der Waals surface area contributed by atoms with E-state index in [9.17, 15) is 9.59 Å². The van der Waals surface area contributed by atoms with Gasteiger partial charge in [-0.2, -0.15) is 0 Å². The summed E-state index contributed by atoms with van der Waals surface area (Å²) < 4.78 is 0. The molecule has 7 heteroatoms. The second kappa shape index (κ2) is 10.9. The summed E-state index contributed by atoms with van der Waals surface area (Å²) in [6.45, 7) is 3.00. The molecular weight excluding hydrogens is 424 g/mol. The molecule has 2 atom stereocenters. The molecule has 0 spiro atoms. The largest absolute Gasteiger partial charge is 0.339 e. The highest BCUT2D eigenvalue weighted by Gasteiger charge is 2.39. The zero-order chi connectivity index (χ0) is 22.5. The van der Waals surface area contributed by atoms with Crippen LogP contribution in [0.3, 0.4) is 0 Å². The van der Waals surface area contributed by atoms with Crippen molar-refractivity contribution in [3.63, 3.8) is 0 Å². The lowest BCUT2D eigenvalue weighted by molar-refractivity contribution is -0.131. The van der Waals surface area contributed by atoms with Crippen LogP contribution in [0.25, 0.3) is 0 Å². The van der Waals surface area contributed by atoms with Crippen molar-refractivity contribution in [2.45, 2.75) is 82.3 Å². The van der Waals surface area contributed by atoms with Gasteiger partial charge in [0.25, 0.3) is 0 Å². The second-order valence-corrected chi connectivity index (χ2v) is 10.1. The summed E-state index contributed by atoms with van der Waals surface area (Å²) in [7, 11) is 0. The maximum Gasteiger partial charge on any atom is 0.320 e. The van der Waals surface area contributed by atoms with E-state index in [0.29, 0.717) is 30.6 Å². The minimum absolute atomic E-state index is 0.0172. The first-order valence-electron chi connectivity index (χ1n) is 12.4. The van der Waals surface area contributed by atoms with E-state index in [0.717, 1.165) is 50.8 Å². The smallest absolute Gasteiger partial charge is 0.320 e. The van der Waals surface area contributed by atoms with E-state index in [1.54, 1.807) is 0 Å². The first-order chi connectivity index (χ1) is 15.5. The molecule has 1 aromatic carbocycles. The van der Waals surface area contributed by atoms with E-state index >= 15 is 0 Å². The van der Waals surface area contributed by atoms with Gasteiger partial charge in [0.05, 0.1) is 12.1 Å². The standard InChI is InChI=1S/C25H37ClN4O2/c26-20-11-9-19(10-12-20)17-23(27)24(31)29-16-13-22(18-29)30(21-7-3-1-4-8-21)25(32)28-14-5-2-6-15-28/h9-12,21-23H,1-8,13-18,27H2. The van der Waals surface area contributed by atoms with Gasteiger partial charge in [0.1, 0.15) is 0 Å². The van der Waals surface area contributed by atoms with Crippen LogP contribution in [0.1, 0.15) is 63.4 Å². The fourth-order valence-corrected chi connectivity index (χ4v) is 5.71. The number of benzene rings is 1. The summed E-state index contributed by atoms with van der Waals surface area (Å²) in [5.74, 6) is -0.0172. The Morgan fingerprint density at radius 3 is 2.25 bits per heavy atom. The first kappa shape index (κ1) is 23.4. The summed E-state index contributed by atoms with van der Waals surface area (Å²) in [5.41, 5.74) is 7.30. The van der Waals surface area contributed by atoms with Gasteiger partial charge in [-0.05, 0) is 62.6 Å². The molecule has 3 amide bonds. The monoisotopic (exact) mass is 460 g/mol. The molecule has 4 rings (SSSR count). The van der Waals surface area contributed by atoms with Crippen molar-refractivity contribution < 1.29 is 9.59 Å². The molecule has 2 aliphatic heterocycles. The van der Waals surface area contributed by atoms with Gasteiger partial charge in [-0.25, -0.2) is 4.79 Å². The van der Waals surface area contributed by atoms with Crippen molar-refractivity contribution in [2.24, 2.45) is 5.73 Å². The third-order valence-corrected chi connectivity index (χ3v) is 7.62. The maximum atomic E-state index is 13.6. The van der Waals surface area contributed by atoms with E-state index in [4.69, 9.17) is 17.3 Å². The third kappa shape index (κ3) is 5.57. The number of hydrogen-bond acceptors (Lipinski definition) is 3. The van der Waals surface area contributed by atoms with Gasteiger partial charge in [-0.3, -0.25) is 4.79 Å². The molecule has 1 aromatic rings. The molecule has 2 unspecified atom stereocenters. The molecule has 3 fully saturated rings. The van der Waals surface area contributed by atoms with Crippen LogP contribution >= 0.6 is 11.6 Å². The lowest BCUT2D eigenvalue weighted by Gasteiger charge is -2.42. The van der Waals surface area contributed by atoms with E-state index in [1.807, 2.05) is 29.2 Å². The number of likely N-dealkylation sites (tertiary alicyclic amines) is 2. The summed E-state index contributed by atoms with van der Waals surface area (Å²) in [4.78, 5) is 32.8. The van der Waals surface area contributed by atoms with Crippen LogP contribution in [0, 0.1) is 0 Å². The summed E-state index contributed by atoms with van der Waals surface area (Å²) >= 11 is 5.96. The number of carbonyl (C=O) groups excluding carboxylic acids is 2. The number of hydrogen-bond donors (Lipinski definition) is 1. The van der Waals surface area contributed by atoms with Crippen molar-refractivity contribution in [1.82, 2.24) is 14.7 Å². The highest BCUT2D eigenvalue weighted by atomic mass is 35.5. The normalized spacial score (nSPS) is 23.2. The minimum Gasteiger partial charge on any atom is -0.339 e. The molecule has 2 saturated heterocycles. The lowest BCUT2D eigenvalue weighted by Crippen LogP contribution is -2.55. The van der Waals surface area contributed by atoms with Crippen molar-refractivity contribution in [3.8, 4) is 0 Å². The van der Waals surface area contributed by atoms with E-state index in [1.165, 1.54) is 25.7 Å². The molecular formula is C25H37ClN4O2. The number of nitrogens with zero attached hydrogens (tertiary/aromatic N) is 3. The predicted octanol–water partition coefficient (Wildman–Crippen LogP) is 4.05. The van der Waals surface area contributed by atoms with Crippen LogP contribution in [-0.4, -0.2) is 70.9 Å². The van der Waals surface area contributed by atoms with Crippen LogP contribution < -0.4 is 5.73 Å². The van der Waals surface area contributed by atoms with Crippen molar-refractivity contribution in [1.29, 1.82) is 0 Å². The van der Waals surface area contributed by atoms with Crippen molar-refractivity contribution in [2.75, 3.05) is 26.2 Å². The lowest BCUT2D eigenvalue weighted by atomic mass is 9.93. The van der Waals surface area contributed by atoms with Gasteiger partial charge in [-0.15, -0.1) is 0 Å². The third-order valence-electron chi connectivity index (χ3n) is 7.37. The molecule has 3 aliphatic rings. The molecule has 0 bridgehead atoms. The van der Waals surface area contributed by atoms with Gasteiger partial charge in [0.15, 0.2) is 0 Å².